The molecule has 0 aliphatic heterocycles. The first-order valence-corrected chi connectivity index (χ1v) is 7.41. The first-order chi connectivity index (χ1) is 9.83. The summed E-state index contributed by atoms with van der Waals surface area (Å²) in [6.45, 7) is 2.11. The zero-order valence-corrected chi connectivity index (χ0v) is 12.0. The Morgan fingerprint density at radius 3 is 3.00 bits per heavy atom. The SMILES string of the molecule is CCCc1c(NN)ncnc1Sc1nnnn1C1CC1. The number of nitrogens with zero attached hydrogens (tertiary/aromatic N) is 6. The van der Waals surface area contributed by atoms with Gasteiger partial charge in [-0.15, -0.1) is 5.10 Å². The van der Waals surface area contributed by atoms with Crippen molar-refractivity contribution in [1.82, 2.24) is 30.2 Å². The molecule has 106 valence electrons. The standard InChI is InChI=1S/C11H16N8S/c1-2-3-8-9(15-12)13-6-14-10(8)20-11-16-17-18-19(11)7-4-5-7/h6-7H,2-5,12H2,1H3,(H,13,14,15). The maximum Gasteiger partial charge on any atom is 0.215 e. The third kappa shape index (κ3) is 2.59. The highest BCUT2D eigenvalue weighted by Gasteiger charge is 2.28. The number of rotatable bonds is 6. The van der Waals surface area contributed by atoms with Crippen LogP contribution in [0.5, 0.6) is 0 Å². The summed E-state index contributed by atoms with van der Waals surface area (Å²) in [4.78, 5) is 8.51. The molecule has 0 amide bonds. The number of hydrogen-bond donors (Lipinski definition) is 2. The predicted octanol–water partition coefficient (Wildman–Crippen LogP) is 1.19. The Kier molecular flexibility index (Phi) is 3.79. The van der Waals surface area contributed by atoms with Gasteiger partial charge in [-0.2, -0.15) is 0 Å². The van der Waals surface area contributed by atoms with Crippen LogP contribution in [0.25, 0.3) is 0 Å². The highest BCUT2D eigenvalue weighted by Crippen LogP contribution is 2.38. The van der Waals surface area contributed by atoms with Crippen LogP contribution in [0.1, 0.15) is 37.8 Å². The van der Waals surface area contributed by atoms with Gasteiger partial charge in [-0.05, 0) is 41.5 Å². The molecule has 0 unspecified atom stereocenters. The Hall–Kier alpha value is -1.74. The lowest BCUT2D eigenvalue weighted by atomic mass is 10.2. The molecule has 2 heterocycles. The van der Waals surface area contributed by atoms with Crippen molar-refractivity contribution in [2.24, 2.45) is 5.84 Å². The normalized spacial score (nSPS) is 14.5. The largest absolute Gasteiger partial charge is 0.308 e. The smallest absolute Gasteiger partial charge is 0.215 e. The number of hydrogen-bond acceptors (Lipinski definition) is 8. The van der Waals surface area contributed by atoms with Crippen molar-refractivity contribution in [3.8, 4) is 0 Å². The third-order valence-corrected chi connectivity index (χ3v) is 4.08. The summed E-state index contributed by atoms with van der Waals surface area (Å²) < 4.78 is 1.87. The van der Waals surface area contributed by atoms with Gasteiger partial charge in [0.15, 0.2) is 0 Å². The molecule has 2 aromatic rings. The van der Waals surface area contributed by atoms with E-state index >= 15 is 0 Å². The lowest BCUT2D eigenvalue weighted by Gasteiger charge is -2.10. The van der Waals surface area contributed by atoms with Crippen LogP contribution in [0.2, 0.25) is 0 Å². The second kappa shape index (κ2) is 5.71. The van der Waals surface area contributed by atoms with E-state index in [9.17, 15) is 0 Å². The summed E-state index contributed by atoms with van der Waals surface area (Å²) in [5, 5.41) is 13.5. The van der Waals surface area contributed by atoms with E-state index in [4.69, 9.17) is 5.84 Å². The Morgan fingerprint density at radius 2 is 2.30 bits per heavy atom. The highest BCUT2D eigenvalue weighted by molar-refractivity contribution is 7.99. The molecule has 0 saturated heterocycles. The third-order valence-electron chi connectivity index (χ3n) is 3.09. The van der Waals surface area contributed by atoms with Gasteiger partial charge in [0.05, 0.1) is 6.04 Å². The van der Waals surface area contributed by atoms with Crippen molar-refractivity contribution < 1.29 is 0 Å². The molecule has 20 heavy (non-hydrogen) atoms. The predicted molar refractivity (Wildman–Crippen MR) is 74.0 cm³/mol. The molecule has 0 radical (unpaired) electrons. The van der Waals surface area contributed by atoms with Crippen LogP contribution in [0.3, 0.4) is 0 Å². The van der Waals surface area contributed by atoms with Gasteiger partial charge in [-0.25, -0.2) is 20.5 Å². The van der Waals surface area contributed by atoms with Crippen molar-refractivity contribution in [3.63, 3.8) is 0 Å². The van der Waals surface area contributed by atoms with Crippen molar-refractivity contribution in [2.45, 2.75) is 48.8 Å². The maximum atomic E-state index is 5.52. The second-order valence-electron chi connectivity index (χ2n) is 4.64. The molecule has 3 rings (SSSR count). The monoisotopic (exact) mass is 292 g/mol. The number of tetrazole rings is 1. The van der Waals surface area contributed by atoms with Gasteiger partial charge in [-0.3, -0.25) is 0 Å². The molecule has 1 aliphatic rings. The van der Waals surface area contributed by atoms with Gasteiger partial charge in [0, 0.05) is 5.56 Å². The van der Waals surface area contributed by atoms with Gasteiger partial charge in [0.2, 0.25) is 5.16 Å². The minimum Gasteiger partial charge on any atom is -0.308 e. The number of hydrazine groups is 1. The summed E-state index contributed by atoms with van der Waals surface area (Å²) in [6, 6.07) is 0.441. The van der Waals surface area contributed by atoms with Gasteiger partial charge in [-0.1, -0.05) is 13.3 Å². The van der Waals surface area contributed by atoms with Crippen LogP contribution in [0.15, 0.2) is 16.5 Å². The highest BCUT2D eigenvalue weighted by atomic mass is 32.2. The molecule has 2 aromatic heterocycles. The minimum atomic E-state index is 0.441. The Labute approximate surface area is 120 Å². The number of anilines is 1. The molecule has 0 spiro atoms. The first-order valence-electron chi connectivity index (χ1n) is 6.59. The first kappa shape index (κ1) is 13.3. The van der Waals surface area contributed by atoms with Gasteiger partial charge in [0.1, 0.15) is 17.2 Å². The lowest BCUT2D eigenvalue weighted by Crippen LogP contribution is -2.12. The van der Waals surface area contributed by atoms with E-state index in [1.54, 1.807) is 0 Å². The topological polar surface area (TPSA) is 107 Å². The lowest BCUT2D eigenvalue weighted by molar-refractivity contribution is 0.565. The fourth-order valence-corrected chi connectivity index (χ4v) is 2.92. The van der Waals surface area contributed by atoms with Crippen LogP contribution in [-0.4, -0.2) is 30.2 Å². The Morgan fingerprint density at radius 1 is 1.45 bits per heavy atom. The summed E-state index contributed by atoms with van der Waals surface area (Å²) in [5.74, 6) is 6.18. The molecule has 9 heteroatoms. The van der Waals surface area contributed by atoms with Crippen molar-refractivity contribution in [3.05, 3.63) is 11.9 Å². The van der Waals surface area contributed by atoms with E-state index < -0.39 is 0 Å². The zero-order valence-electron chi connectivity index (χ0n) is 11.2. The summed E-state index contributed by atoms with van der Waals surface area (Å²) >= 11 is 1.47. The van der Waals surface area contributed by atoms with E-state index in [2.05, 4.69) is 37.8 Å². The van der Waals surface area contributed by atoms with Gasteiger partial charge < -0.3 is 5.43 Å². The molecular formula is C11H16N8S. The Bertz CT molecular complexity index is 594. The van der Waals surface area contributed by atoms with E-state index in [1.807, 2.05) is 4.68 Å². The molecule has 1 saturated carbocycles. The van der Waals surface area contributed by atoms with Crippen LogP contribution < -0.4 is 11.3 Å². The van der Waals surface area contributed by atoms with Crippen LogP contribution in [0, 0.1) is 0 Å². The molecule has 8 nitrogen and oxygen atoms in total. The van der Waals surface area contributed by atoms with Gasteiger partial charge in [0.25, 0.3) is 0 Å². The number of aromatic nitrogens is 6. The summed E-state index contributed by atoms with van der Waals surface area (Å²) in [7, 11) is 0. The number of nitrogens with two attached hydrogens (primary N) is 1. The van der Waals surface area contributed by atoms with Crippen molar-refractivity contribution in [1.29, 1.82) is 0 Å². The van der Waals surface area contributed by atoms with E-state index in [0.717, 1.165) is 41.4 Å². The average molecular weight is 292 g/mol. The van der Waals surface area contributed by atoms with E-state index in [0.29, 0.717) is 11.9 Å². The van der Waals surface area contributed by atoms with Crippen LogP contribution >= 0.6 is 11.8 Å². The number of nitrogens with one attached hydrogen (secondary N) is 1. The maximum absolute atomic E-state index is 5.52. The summed E-state index contributed by atoms with van der Waals surface area (Å²) in [6.07, 6.45) is 5.62. The molecule has 3 N–H and O–H groups in total. The summed E-state index contributed by atoms with van der Waals surface area (Å²) in [5.41, 5.74) is 3.63. The van der Waals surface area contributed by atoms with Crippen molar-refractivity contribution in [2.75, 3.05) is 5.43 Å². The van der Waals surface area contributed by atoms with E-state index in [1.165, 1.54) is 18.1 Å². The number of nitrogen functional groups attached to an aromatic ring is 1. The van der Waals surface area contributed by atoms with Crippen molar-refractivity contribution >= 4 is 17.6 Å². The Balaban J connectivity index is 1.91. The minimum absolute atomic E-state index is 0.441. The molecular weight excluding hydrogens is 276 g/mol. The van der Waals surface area contributed by atoms with Gasteiger partial charge >= 0.3 is 0 Å². The second-order valence-corrected chi connectivity index (χ2v) is 5.60. The molecule has 0 atom stereocenters. The fraction of sp³-hybridized carbons (Fsp3) is 0.545. The average Bonchev–Trinajstić information content (AvgIpc) is 3.21. The molecule has 1 aliphatic carbocycles. The van der Waals surface area contributed by atoms with Crippen LogP contribution in [-0.2, 0) is 6.42 Å². The van der Waals surface area contributed by atoms with Crippen LogP contribution in [0.4, 0.5) is 5.82 Å². The zero-order chi connectivity index (χ0) is 13.9. The molecule has 0 aromatic carbocycles. The fourth-order valence-electron chi connectivity index (χ4n) is 1.97. The quantitative estimate of drug-likeness (QED) is 0.464. The molecule has 1 fully saturated rings. The van der Waals surface area contributed by atoms with E-state index in [-0.39, 0.29) is 0 Å². The molecule has 0 bridgehead atoms.